The molecule has 2 aliphatic rings. The summed E-state index contributed by atoms with van der Waals surface area (Å²) in [5.41, 5.74) is 6.91. The van der Waals surface area contributed by atoms with E-state index in [1.54, 1.807) is 7.11 Å². The van der Waals surface area contributed by atoms with Crippen molar-refractivity contribution in [2.24, 2.45) is 9.98 Å². The first-order valence-electron chi connectivity index (χ1n) is 12.9. The molecule has 7 heteroatoms. The maximum absolute atomic E-state index is 5.35. The Hall–Kier alpha value is -5.17. The predicted molar refractivity (Wildman–Crippen MR) is 156 cm³/mol. The molecule has 0 spiro atoms. The lowest BCUT2D eigenvalue weighted by Gasteiger charge is -2.40. The maximum Gasteiger partial charge on any atom is 0.179 e. The molecule has 0 radical (unpaired) electrons. The van der Waals surface area contributed by atoms with Crippen LogP contribution in [0.5, 0.6) is 5.75 Å². The van der Waals surface area contributed by atoms with Crippen LogP contribution < -0.4 is 15.0 Å². The van der Waals surface area contributed by atoms with Crippen molar-refractivity contribution in [2.45, 2.75) is 13.0 Å². The molecule has 1 N–H and O–H groups in total. The Morgan fingerprint density at radius 1 is 0.769 bits per heavy atom. The van der Waals surface area contributed by atoms with Crippen molar-refractivity contribution in [1.29, 1.82) is 0 Å². The van der Waals surface area contributed by atoms with Crippen molar-refractivity contribution in [3.63, 3.8) is 0 Å². The number of amidine groups is 2. The second-order valence-electron chi connectivity index (χ2n) is 9.49. The second-order valence-corrected chi connectivity index (χ2v) is 9.49. The summed E-state index contributed by atoms with van der Waals surface area (Å²) >= 11 is 0. The van der Waals surface area contributed by atoms with Crippen molar-refractivity contribution in [3.8, 4) is 11.4 Å². The minimum atomic E-state index is -0.143. The molecule has 39 heavy (non-hydrogen) atoms. The number of anilines is 2. The van der Waals surface area contributed by atoms with Crippen molar-refractivity contribution < 1.29 is 4.74 Å². The number of aryl methyl sites for hydroxylation is 1. The summed E-state index contributed by atoms with van der Waals surface area (Å²) in [5, 5.41) is 8.52. The van der Waals surface area contributed by atoms with E-state index in [2.05, 4.69) is 59.6 Å². The highest BCUT2D eigenvalue weighted by molar-refractivity contribution is 6.51. The van der Waals surface area contributed by atoms with E-state index in [0.29, 0.717) is 5.84 Å². The Morgan fingerprint density at radius 2 is 1.46 bits per heavy atom. The predicted octanol–water partition coefficient (Wildman–Crippen LogP) is 6.98. The normalized spacial score (nSPS) is 15.4. The number of methoxy groups -OCH3 is 1. The van der Waals surface area contributed by atoms with Crippen molar-refractivity contribution in [1.82, 2.24) is 9.78 Å². The molecule has 1 aromatic heterocycles. The fourth-order valence-electron chi connectivity index (χ4n) is 5.31. The molecule has 0 unspecified atom stereocenters. The second kappa shape index (κ2) is 9.29. The van der Waals surface area contributed by atoms with Crippen LogP contribution in [-0.4, -0.2) is 28.6 Å². The van der Waals surface area contributed by atoms with Crippen LogP contribution in [0.2, 0.25) is 0 Å². The van der Waals surface area contributed by atoms with Gasteiger partial charge in [0.25, 0.3) is 0 Å². The molecule has 5 aromatic rings. The van der Waals surface area contributed by atoms with E-state index in [-0.39, 0.29) is 6.04 Å². The first-order chi connectivity index (χ1) is 19.2. The molecule has 190 valence electrons. The van der Waals surface area contributed by atoms with Gasteiger partial charge in [-0.3, -0.25) is 0 Å². The van der Waals surface area contributed by atoms with E-state index in [9.17, 15) is 0 Å². The molecule has 4 aromatic carbocycles. The van der Waals surface area contributed by atoms with Gasteiger partial charge in [0.15, 0.2) is 17.5 Å². The summed E-state index contributed by atoms with van der Waals surface area (Å²) in [5.74, 6) is 3.01. The zero-order valence-corrected chi connectivity index (χ0v) is 21.6. The zero-order chi connectivity index (χ0) is 26.3. The van der Waals surface area contributed by atoms with Crippen LogP contribution in [0, 0.1) is 6.92 Å². The van der Waals surface area contributed by atoms with Crippen molar-refractivity contribution >= 4 is 34.6 Å². The Kier molecular flexibility index (Phi) is 5.48. The summed E-state index contributed by atoms with van der Waals surface area (Å²) in [7, 11) is 1.67. The van der Waals surface area contributed by atoms with Gasteiger partial charge in [0.05, 0.1) is 35.9 Å². The van der Waals surface area contributed by atoms with Crippen molar-refractivity contribution in [3.05, 3.63) is 126 Å². The van der Waals surface area contributed by atoms with Crippen LogP contribution >= 0.6 is 0 Å². The topological polar surface area (TPSA) is 67.0 Å². The van der Waals surface area contributed by atoms with E-state index < -0.39 is 0 Å². The number of ether oxygens (including phenoxy) is 1. The van der Waals surface area contributed by atoms with E-state index in [0.717, 1.165) is 57.0 Å². The third-order valence-electron chi connectivity index (χ3n) is 7.11. The summed E-state index contributed by atoms with van der Waals surface area (Å²) in [6.45, 7) is 2.06. The number of benzene rings is 4. The Bertz CT molecular complexity index is 1720. The fraction of sp³-hybridized carbons (Fsp3) is 0.0938. The molecule has 0 aliphatic carbocycles. The lowest BCUT2D eigenvalue weighted by molar-refractivity contribution is 0.415. The van der Waals surface area contributed by atoms with Gasteiger partial charge in [0.2, 0.25) is 0 Å². The average Bonchev–Trinajstić information content (AvgIpc) is 3.33. The molecule has 7 nitrogen and oxygen atoms in total. The highest BCUT2D eigenvalue weighted by atomic mass is 16.5. The number of nitrogens with one attached hydrogen (secondary N) is 1. The highest BCUT2D eigenvalue weighted by Gasteiger charge is 2.41. The van der Waals surface area contributed by atoms with E-state index in [1.807, 2.05) is 71.4 Å². The van der Waals surface area contributed by atoms with E-state index in [4.69, 9.17) is 19.8 Å². The van der Waals surface area contributed by atoms with Crippen LogP contribution in [0.15, 0.2) is 119 Å². The number of nitrogens with zero attached hydrogens (tertiary/aromatic N) is 5. The van der Waals surface area contributed by atoms with Crippen LogP contribution in [0.25, 0.3) is 5.69 Å². The van der Waals surface area contributed by atoms with Gasteiger partial charge in [-0.25, -0.2) is 14.7 Å². The van der Waals surface area contributed by atoms with Gasteiger partial charge in [0.1, 0.15) is 5.75 Å². The lowest BCUT2D eigenvalue weighted by Crippen LogP contribution is -2.46. The molecule has 3 heterocycles. The molecule has 7 rings (SSSR count). The maximum atomic E-state index is 5.35. The first-order valence-corrected chi connectivity index (χ1v) is 12.9. The number of aliphatic imine (C=N–C) groups is 2. The van der Waals surface area contributed by atoms with Gasteiger partial charge in [-0.15, -0.1) is 0 Å². The number of hydrogen-bond donors (Lipinski definition) is 1. The minimum absolute atomic E-state index is 0.143. The summed E-state index contributed by atoms with van der Waals surface area (Å²) < 4.78 is 7.29. The van der Waals surface area contributed by atoms with Crippen LogP contribution in [0.4, 0.5) is 22.9 Å². The average molecular weight is 511 g/mol. The Labute approximate surface area is 226 Å². The van der Waals surface area contributed by atoms with Crippen LogP contribution in [-0.2, 0) is 0 Å². The SMILES string of the molecule is COc1ccc(NC2=Nc3ccccc3N3C2=Nc2c(c(C)nn2-c2ccccc2)[C@@H]3c2ccccc2)cc1. The zero-order valence-electron chi connectivity index (χ0n) is 21.6. The molecule has 0 saturated carbocycles. The van der Waals surface area contributed by atoms with Gasteiger partial charge >= 0.3 is 0 Å². The number of aromatic nitrogens is 2. The fourth-order valence-corrected chi connectivity index (χ4v) is 5.31. The lowest BCUT2D eigenvalue weighted by atomic mass is 9.93. The number of fused-ring (bicyclic) bond motifs is 4. The van der Waals surface area contributed by atoms with Gasteiger partial charge in [-0.2, -0.15) is 5.10 Å². The van der Waals surface area contributed by atoms with Gasteiger partial charge < -0.3 is 15.0 Å². The summed E-state index contributed by atoms with van der Waals surface area (Å²) in [6.07, 6.45) is 0. The number of hydrogen-bond acceptors (Lipinski definition) is 6. The van der Waals surface area contributed by atoms with Crippen LogP contribution in [0.3, 0.4) is 0 Å². The standard InChI is InChI=1S/C32H26N6O/c1-21-28-29(22-11-5-3-6-12-22)37-27-16-10-9-15-26(27)34-30(33-23-17-19-25(39-2)20-18-23)32(37)35-31(28)38(36-21)24-13-7-4-8-14-24/h3-20,29H,1-2H3,(H,33,34)/t29-/m0/s1. The van der Waals surface area contributed by atoms with Gasteiger partial charge in [-0.05, 0) is 61.0 Å². The largest absolute Gasteiger partial charge is 0.497 e. The van der Waals surface area contributed by atoms with Gasteiger partial charge in [-0.1, -0.05) is 60.7 Å². The molecular weight excluding hydrogens is 484 g/mol. The monoisotopic (exact) mass is 510 g/mol. The third-order valence-corrected chi connectivity index (χ3v) is 7.11. The first kappa shape index (κ1) is 23.0. The molecule has 0 bridgehead atoms. The summed E-state index contributed by atoms with van der Waals surface area (Å²) in [4.78, 5) is 12.6. The molecule has 0 amide bonds. The molecule has 0 fully saturated rings. The number of rotatable bonds is 4. The van der Waals surface area contributed by atoms with E-state index >= 15 is 0 Å². The Balaban J connectivity index is 1.47. The molecule has 2 aliphatic heterocycles. The molecule has 1 atom stereocenters. The van der Waals surface area contributed by atoms with Crippen LogP contribution in [0.1, 0.15) is 22.9 Å². The van der Waals surface area contributed by atoms with E-state index in [1.165, 1.54) is 0 Å². The Morgan fingerprint density at radius 3 is 2.21 bits per heavy atom. The van der Waals surface area contributed by atoms with Crippen molar-refractivity contribution in [2.75, 3.05) is 17.3 Å². The minimum Gasteiger partial charge on any atom is -0.497 e. The quantitative estimate of drug-likeness (QED) is 0.283. The smallest absolute Gasteiger partial charge is 0.179 e. The summed E-state index contributed by atoms with van der Waals surface area (Å²) in [6, 6.07) is 36.6. The third kappa shape index (κ3) is 3.87. The molecule has 0 saturated heterocycles. The molecular formula is C32H26N6O. The van der Waals surface area contributed by atoms with Gasteiger partial charge in [0, 0.05) is 11.3 Å². The highest BCUT2D eigenvalue weighted by Crippen LogP contribution is 2.48. The number of para-hydroxylation sites is 3.